The highest BCUT2D eigenvalue weighted by molar-refractivity contribution is 5.74. The number of anilines is 2. The Balaban J connectivity index is 1.52. The summed E-state index contributed by atoms with van der Waals surface area (Å²) in [5, 5.41) is 3.55. The molecule has 2 aromatic carbocycles. The summed E-state index contributed by atoms with van der Waals surface area (Å²) < 4.78 is 0. The third kappa shape index (κ3) is 3.93. The van der Waals surface area contributed by atoms with Gasteiger partial charge in [0.15, 0.2) is 11.6 Å². The zero-order valence-electron chi connectivity index (χ0n) is 15.9. The predicted octanol–water partition coefficient (Wildman–Crippen LogP) is 3.41. The van der Waals surface area contributed by atoms with Crippen molar-refractivity contribution in [3.8, 4) is 11.4 Å². The number of hydrazine groups is 1. The Bertz CT molecular complexity index is 1000. The van der Waals surface area contributed by atoms with E-state index in [1.807, 2.05) is 24.3 Å². The van der Waals surface area contributed by atoms with Gasteiger partial charge in [-0.25, -0.2) is 15.0 Å². The summed E-state index contributed by atoms with van der Waals surface area (Å²) in [4.78, 5) is 24.4. The minimum absolute atomic E-state index is 0.0673. The third-order valence-electron chi connectivity index (χ3n) is 4.72. The maximum absolute atomic E-state index is 11.0. The number of aromatic nitrogens is 3. The highest BCUT2D eigenvalue weighted by Crippen LogP contribution is 2.32. The van der Waals surface area contributed by atoms with Crippen molar-refractivity contribution in [3.63, 3.8) is 0 Å². The molecular weight excluding hydrogens is 352 g/mol. The molecule has 7 nitrogen and oxygen atoms in total. The van der Waals surface area contributed by atoms with Gasteiger partial charge >= 0.3 is 0 Å². The first-order valence-corrected chi connectivity index (χ1v) is 9.26. The van der Waals surface area contributed by atoms with E-state index in [0.717, 1.165) is 35.6 Å². The van der Waals surface area contributed by atoms with Crippen molar-refractivity contribution in [2.45, 2.75) is 32.7 Å². The van der Waals surface area contributed by atoms with Crippen LogP contribution in [0.15, 0.2) is 48.8 Å². The lowest BCUT2D eigenvalue weighted by Crippen LogP contribution is -2.26. The van der Waals surface area contributed by atoms with Gasteiger partial charge in [-0.1, -0.05) is 17.7 Å². The van der Waals surface area contributed by atoms with Gasteiger partial charge in [0.2, 0.25) is 5.91 Å². The number of fused-ring (bicyclic) bond motifs is 1. The van der Waals surface area contributed by atoms with Crippen molar-refractivity contribution >= 4 is 17.3 Å². The smallest absolute Gasteiger partial charge is 0.235 e. The minimum Gasteiger partial charge on any atom is -0.375 e. The van der Waals surface area contributed by atoms with Crippen LogP contribution in [0.25, 0.3) is 11.4 Å². The molecule has 3 N–H and O–H groups in total. The van der Waals surface area contributed by atoms with Gasteiger partial charge in [0.25, 0.3) is 0 Å². The van der Waals surface area contributed by atoms with Crippen LogP contribution in [0.3, 0.4) is 0 Å². The second kappa shape index (κ2) is 7.64. The molecule has 1 amide bonds. The Morgan fingerprint density at radius 3 is 2.75 bits per heavy atom. The fourth-order valence-electron chi connectivity index (χ4n) is 3.30. The average molecular weight is 374 g/mol. The van der Waals surface area contributed by atoms with Gasteiger partial charge in [-0.2, -0.15) is 0 Å². The van der Waals surface area contributed by atoms with Crippen LogP contribution in [0.5, 0.6) is 0 Å². The lowest BCUT2D eigenvalue weighted by atomic mass is 9.96. The Kier molecular flexibility index (Phi) is 4.89. The van der Waals surface area contributed by atoms with Crippen molar-refractivity contribution in [1.82, 2.24) is 20.4 Å². The SMILES string of the molecule is CC(=O)NNc1ccc(-c2ncnc(C3CCc4cc(C)ccc4N3)n2)cc1. The van der Waals surface area contributed by atoms with Gasteiger partial charge in [-0.05, 0) is 55.7 Å². The Morgan fingerprint density at radius 1 is 1.14 bits per heavy atom. The van der Waals surface area contributed by atoms with Crippen LogP contribution < -0.4 is 16.2 Å². The quantitative estimate of drug-likeness (QED) is 0.606. The average Bonchev–Trinajstić information content (AvgIpc) is 2.72. The van der Waals surface area contributed by atoms with Gasteiger partial charge in [0.05, 0.1) is 11.7 Å². The van der Waals surface area contributed by atoms with Gasteiger partial charge < -0.3 is 5.32 Å². The molecule has 0 radical (unpaired) electrons. The van der Waals surface area contributed by atoms with Crippen LogP contribution in [-0.4, -0.2) is 20.9 Å². The summed E-state index contributed by atoms with van der Waals surface area (Å²) >= 11 is 0. The van der Waals surface area contributed by atoms with Crippen molar-refractivity contribution in [2.75, 3.05) is 10.7 Å². The number of rotatable bonds is 4. The van der Waals surface area contributed by atoms with E-state index in [4.69, 9.17) is 0 Å². The van der Waals surface area contributed by atoms with Crippen molar-refractivity contribution in [3.05, 3.63) is 65.7 Å². The lowest BCUT2D eigenvalue weighted by Gasteiger charge is -2.26. The van der Waals surface area contributed by atoms with E-state index < -0.39 is 0 Å². The van der Waals surface area contributed by atoms with E-state index in [1.54, 1.807) is 6.33 Å². The summed E-state index contributed by atoms with van der Waals surface area (Å²) in [6.45, 7) is 3.56. The van der Waals surface area contributed by atoms with Crippen LogP contribution in [-0.2, 0) is 11.2 Å². The van der Waals surface area contributed by atoms with Gasteiger partial charge in [-0.15, -0.1) is 0 Å². The van der Waals surface area contributed by atoms with Crippen molar-refractivity contribution in [2.24, 2.45) is 0 Å². The molecule has 1 unspecified atom stereocenters. The zero-order valence-corrected chi connectivity index (χ0v) is 15.9. The molecule has 0 fully saturated rings. The first-order chi connectivity index (χ1) is 13.6. The molecule has 0 saturated carbocycles. The number of amides is 1. The minimum atomic E-state index is -0.150. The molecule has 0 bridgehead atoms. The monoisotopic (exact) mass is 374 g/mol. The first kappa shape index (κ1) is 17.9. The second-order valence-corrected chi connectivity index (χ2v) is 6.95. The zero-order chi connectivity index (χ0) is 19.5. The Hall–Kier alpha value is -3.48. The normalized spacial score (nSPS) is 15.3. The number of aryl methyl sites for hydroxylation is 2. The largest absolute Gasteiger partial charge is 0.375 e. The summed E-state index contributed by atoms with van der Waals surface area (Å²) in [7, 11) is 0. The van der Waals surface area contributed by atoms with E-state index in [2.05, 4.69) is 56.2 Å². The fourth-order valence-corrected chi connectivity index (χ4v) is 3.30. The number of hydrogen-bond donors (Lipinski definition) is 3. The molecule has 1 aliphatic rings. The molecular formula is C21H22N6O. The summed E-state index contributed by atoms with van der Waals surface area (Å²) in [6, 6.07) is 14.1. The second-order valence-electron chi connectivity index (χ2n) is 6.95. The van der Waals surface area contributed by atoms with Gasteiger partial charge in [-0.3, -0.25) is 15.6 Å². The van der Waals surface area contributed by atoms with Gasteiger partial charge in [0, 0.05) is 18.2 Å². The highest BCUT2D eigenvalue weighted by atomic mass is 16.2. The number of nitrogens with zero attached hydrogens (tertiary/aromatic N) is 3. The molecule has 28 heavy (non-hydrogen) atoms. The van der Waals surface area contributed by atoms with E-state index in [1.165, 1.54) is 18.1 Å². The lowest BCUT2D eigenvalue weighted by molar-refractivity contribution is -0.118. The number of carbonyl (C=O) groups excluding carboxylic acids is 1. The number of carbonyl (C=O) groups is 1. The van der Waals surface area contributed by atoms with E-state index >= 15 is 0 Å². The fraction of sp³-hybridized carbons (Fsp3) is 0.238. The van der Waals surface area contributed by atoms with Crippen LogP contribution in [0.2, 0.25) is 0 Å². The summed E-state index contributed by atoms with van der Waals surface area (Å²) in [5.41, 5.74) is 10.8. The molecule has 1 aliphatic heterocycles. The van der Waals surface area contributed by atoms with E-state index in [0.29, 0.717) is 5.82 Å². The molecule has 7 heteroatoms. The maximum atomic E-state index is 11.0. The molecule has 0 spiro atoms. The third-order valence-corrected chi connectivity index (χ3v) is 4.72. The molecule has 1 atom stereocenters. The van der Waals surface area contributed by atoms with Crippen LogP contribution in [0.4, 0.5) is 11.4 Å². The van der Waals surface area contributed by atoms with E-state index in [9.17, 15) is 4.79 Å². The van der Waals surface area contributed by atoms with Gasteiger partial charge in [0.1, 0.15) is 6.33 Å². The topological polar surface area (TPSA) is 91.8 Å². The molecule has 4 rings (SSSR count). The number of nitrogens with one attached hydrogen (secondary N) is 3. The van der Waals surface area contributed by atoms with Crippen LogP contribution in [0, 0.1) is 6.92 Å². The maximum Gasteiger partial charge on any atom is 0.235 e. The van der Waals surface area contributed by atoms with Crippen LogP contribution in [0.1, 0.15) is 36.3 Å². The standard InChI is InChI=1S/C21H22N6O/c1-13-3-9-18-16(11-13)6-10-19(24-18)21-23-12-22-20(25-21)15-4-7-17(8-5-15)27-26-14(2)28/h3-5,7-9,11-12,19,24,27H,6,10H2,1-2H3,(H,26,28). The van der Waals surface area contributed by atoms with Crippen molar-refractivity contribution in [1.29, 1.82) is 0 Å². The Morgan fingerprint density at radius 2 is 1.96 bits per heavy atom. The summed E-state index contributed by atoms with van der Waals surface area (Å²) in [5.74, 6) is 1.23. The molecule has 2 heterocycles. The Labute approximate surface area is 163 Å². The molecule has 0 aliphatic carbocycles. The molecule has 0 saturated heterocycles. The molecule has 3 aromatic rings. The predicted molar refractivity (Wildman–Crippen MR) is 109 cm³/mol. The van der Waals surface area contributed by atoms with Crippen LogP contribution >= 0.6 is 0 Å². The molecule has 1 aromatic heterocycles. The molecule has 142 valence electrons. The summed E-state index contributed by atoms with van der Waals surface area (Å²) in [6.07, 6.45) is 3.51. The highest BCUT2D eigenvalue weighted by Gasteiger charge is 2.22. The first-order valence-electron chi connectivity index (χ1n) is 9.26. The van der Waals surface area contributed by atoms with E-state index in [-0.39, 0.29) is 11.9 Å². The van der Waals surface area contributed by atoms with Crippen molar-refractivity contribution < 1.29 is 4.79 Å². The number of benzene rings is 2. The number of hydrogen-bond acceptors (Lipinski definition) is 6.